The quantitative estimate of drug-likeness (QED) is 0.442. The molecule has 0 N–H and O–H groups in total. The standard InChI is InChI=1S/C13H14BrClO2/c1-7(14)11-9-6-8(15)4-5-10(9)17-12(16)13(11,2)3/h4-7,11H,1-3H3/t7-,11?/m1/s1. The third-order valence-corrected chi connectivity index (χ3v) is 4.04. The Balaban J connectivity index is 2.61. The van der Waals surface area contributed by atoms with Crippen LogP contribution in [0.15, 0.2) is 18.2 Å². The highest BCUT2D eigenvalue weighted by atomic mass is 79.9. The van der Waals surface area contributed by atoms with Gasteiger partial charge >= 0.3 is 5.97 Å². The predicted octanol–water partition coefficient (Wildman–Crippen LogP) is 4.15. The predicted molar refractivity (Wildman–Crippen MR) is 72.0 cm³/mol. The minimum atomic E-state index is -0.555. The SMILES string of the molecule is C[C@@H](Br)C1c2cc(Cl)ccc2OC(=O)C1(C)C. The van der Waals surface area contributed by atoms with E-state index >= 15 is 0 Å². The van der Waals surface area contributed by atoms with Gasteiger partial charge in [-0.15, -0.1) is 0 Å². The third kappa shape index (κ3) is 2.11. The van der Waals surface area contributed by atoms with E-state index in [1.54, 1.807) is 12.1 Å². The molecule has 0 bridgehead atoms. The van der Waals surface area contributed by atoms with Crippen molar-refractivity contribution in [2.24, 2.45) is 5.41 Å². The van der Waals surface area contributed by atoms with E-state index in [0.717, 1.165) is 5.56 Å². The Morgan fingerprint density at radius 3 is 2.71 bits per heavy atom. The maximum Gasteiger partial charge on any atom is 0.317 e. The van der Waals surface area contributed by atoms with E-state index in [4.69, 9.17) is 16.3 Å². The molecule has 4 heteroatoms. The van der Waals surface area contributed by atoms with Gasteiger partial charge in [-0.25, -0.2) is 0 Å². The average Bonchev–Trinajstić information content (AvgIpc) is 2.19. The second-order valence-electron chi connectivity index (χ2n) is 4.95. The second-order valence-corrected chi connectivity index (χ2v) is 6.83. The summed E-state index contributed by atoms with van der Waals surface area (Å²) in [5, 5.41) is 0.663. The Bertz CT molecular complexity index is 468. The number of alkyl halides is 1. The van der Waals surface area contributed by atoms with Crippen molar-refractivity contribution in [3.63, 3.8) is 0 Å². The van der Waals surface area contributed by atoms with Crippen molar-refractivity contribution < 1.29 is 9.53 Å². The van der Waals surface area contributed by atoms with Gasteiger partial charge in [0.1, 0.15) is 5.75 Å². The molecular formula is C13H14BrClO2. The van der Waals surface area contributed by atoms with E-state index in [2.05, 4.69) is 15.9 Å². The fourth-order valence-electron chi connectivity index (χ4n) is 2.42. The van der Waals surface area contributed by atoms with Gasteiger partial charge in [0.2, 0.25) is 0 Å². The lowest BCUT2D eigenvalue weighted by Gasteiger charge is -2.39. The molecular weight excluding hydrogens is 303 g/mol. The lowest BCUT2D eigenvalue weighted by Crippen LogP contribution is -2.42. The van der Waals surface area contributed by atoms with Crippen molar-refractivity contribution in [2.75, 3.05) is 0 Å². The molecule has 0 amide bonds. The van der Waals surface area contributed by atoms with Gasteiger partial charge in [-0.1, -0.05) is 34.5 Å². The molecule has 1 aromatic carbocycles. The number of rotatable bonds is 1. The second kappa shape index (κ2) is 4.29. The zero-order valence-corrected chi connectivity index (χ0v) is 12.3. The van der Waals surface area contributed by atoms with Crippen molar-refractivity contribution in [3.8, 4) is 5.75 Å². The summed E-state index contributed by atoms with van der Waals surface area (Å²) >= 11 is 9.60. The van der Waals surface area contributed by atoms with Crippen molar-refractivity contribution in [1.29, 1.82) is 0 Å². The van der Waals surface area contributed by atoms with Crippen LogP contribution in [0, 0.1) is 5.41 Å². The van der Waals surface area contributed by atoms with Crippen LogP contribution in [-0.4, -0.2) is 10.8 Å². The summed E-state index contributed by atoms with van der Waals surface area (Å²) in [6.07, 6.45) is 0. The van der Waals surface area contributed by atoms with E-state index in [1.165, 1.54) is 0 Å². The highest BCUT2D eigenvalue weighted by molar-refractivity contribution is 9.09. The molecule has 2 rings (SSSR count). The number of ether oxygens (including phenoxy) is 1. The Hall–Kier alpha value is -0.540. The highest BCUT2D eigenvalue weighted by Crippen LogP contribution is 2.49. The van der Waals surface area contributed by atoms with Crippen molar-refractivity contribution in [3.05, 3.63) is 28.8 Å². The Morgan fingerprint density at radius 2 is 2.12 bits per heavy atom. The maximum atomic E-state index is 12.0. The van der Waals surface area contributed by atoms with Crippen LogP contribution in [0.1, 0.15) is 32.3 Å². The van der Waals surface area contributed by atoms with Gasteiger partial charge < -0.3 is 4.74 Å². The molecule has 1 aromatic rings. The summed E-state index contributed by atoms with van der Waals surface area (Å²) in [4.78, 5) is 12.2. The summed E-state index contributed by atoms with van der Waals surface area (Å²) in [5.41, 5.74) is 0.437. The molecule has 92 valence electrons. The van der Waals surface area contributed by atoms with Crippen molar-refractivity contribution >= 4 is 33.5 Å². The zero-order valence-electron chi connectivity index (χ0n) is 9.96. The molecule has 2 nitrogen and oxygen atoms in total. The number of esters is 1. The summed E-state index contributed by atoms with van der Waals surface area (Å²) in [6, 6.07) is 5.38. The summed E-state index contributed by atoms with van der Waals surface area (Å²) in [7, 11) is 0. The van der Waals surface area contributed by atoms with Crippen LogP contribution in [-0.2, 0) is 4.79 Å². The summed E-state index contributed by atoms with van der Waals surface area (Å²) in [6.45, 7) is 5.85. The van der Waals surface area contributed by atoms with Crippen LogP contribution < -0.4 is 4.74 Å². The van der Waals surface area contributed by atoms with E-state index in [0.29, 0.717) is 10.8 Å². The van der Waals surface area contributed by atoms with Gasteiger partial charge in [-0.05, 0) is 32.0 Å². The Kier molecular flexibility index (Phi) is 3.25. The molecule has 1 aliphatic heterocycles. The zero-order chi connectivity index (χ0) is 12.8. The Morgan fingerprint density at radius 1 is 1.47 bits per heavy atom. The molecule has 0 saturated carbocycles. The number of carbonyl (C=O) groups is 1. The minimum absolute atomic E-state index is 0.0532. The molecule has 1 heterocycles. The van der Waals surface area contributed by atoms with Gasteiger partial charge in [0, 0.05) is 21.3 Å². The molecule has 0 aromatic heterocycles. The van der Waals surface area contributed by atoms with Crippen molar-refractivity contribution in [1.82, 2.24) is 0 Å². The van der Waals surface area contributed by atoms with Crippen molar-refractivity contribution in [2.45, 2.75) is 31.5 Å². The maximum absolute atomic E-state index is 12.0. The van der Waals surface area contributed by atoms with Gasteiger partial charge in [0.15, 0.2) is 0 Å². The summed E-state index contributed by atoms with van der Waals surface area (Å²) < 4.78 is 5.36. The molecule has 0 fully saturated rings. The molecule has 2 atom stereocenters. The van der Waals surface area contributed by atoms with Crippen LogP contribution in [0.25, 0.3) is 0 Å². The number of hydrogen-bond donors (Lipinski definition) is 0. The van der Waals surface area contributed by atoms with E-state index in [1.807, 2.05) is 26.8 Å². The fourth-order valence-corrected chi connectivity index (χ4v) is 3.55. The van der Waals surface area contributed by atoms with E-state index < -0.39 is 5.41 Å². The van der Waals surface area contributed by atoms with Crippen LogP contribution in [0.4, 0.5) is 0 Å². The van der Waals surface area contributed by atoms with Gasteiger partial charge in [-0.3, -0.25) is 4.79 Å². The monoisotopic (exact) mass is 316 g/mol. The average molecular weight is 318 g/mol. The highest BCUT2D eigenvalue weighted by Gasteiger charge is 2.46. The topological polar surface area (TPSA) is 26.3 Å². The van der Waals surface area contributed by atoms with Crippen LogP contribution >= 0.6 is 27.5 Å². The molecule has 17 heavy (non-hydrogen) atoms. The number of carbonyl (C=O) groups excluding carboxylic acids is 1. The fraction of sp³-hybridized carbons (Fsp3) is 0.462. The van der Waals surface area contributed by atoms with Crippen LogP contribution in [0.3, 0.4) is 0 Å². The lowest BCUT2D eigenvalue weighted by atomic mass is 9.71. The third-order valence-electron chi connectivity index (χ3n) is 3.27. The smallest absolute Gasteiger partial charge is 0.317 e. The molecule has 1 aliphatic rings. The molecule has 0 saturated heterocycles. The largest absolute Gasteiger partial charge is 0.426 e. The van der Waals surface area contributed by atoms with Gasteiger partial charge in [0.25, 0.3) is 0 Å². The van der Waals surface area contributed by atoms with E-state index in [-0.39, 0.29) is 16.7 Å². The first-order valence-electron chi connectivity index (χ1n) is 5.50. The minimum Gasteiger partial charge on any atom is -0.426 e. The van der Waals surface area contributed by atoms with Crippen LogP contribution in [0.2, 0.25) is 5.02 Å². The first-order chi connectivity index (χ1) is 7.84. The normalized spacial score (nSPS) is 23.8. The first-order valence-corrected chi connectivity index (χ1v) is 6.79. The first kappa shape index (κ1) is 12.9. The number of hydrogen-bond acceptors (Lipinski definition) is 2. The lowest BCUT2D eigenvalue weighted by molar-refractivity contribution is -0.147. The molecule has 1 unspecified atom stereocenters. The van der Waals surface area contributed by atoms with Gasteiger partial charge in [0.05, 0.1) is 5.41 Å². The Labute approximate surface area is 114 Å². The number of benzene rings is 1. The number of fused-ring (bicyclic) bond motifs is 1. The van der Waals surface area contributed by atoms with Gasteiger partial charge in [-0.2, -0.15) is 0 Å². The van der Waals surface area contributed by atoms with Crippen LogP contribution in [0.5, 0.6) is 5.75 Å². The summed E-state index contributed by atoms with van der Waals surface area (Å²) in [5.74, 6) is 0.482. The number of halogens is 2. The molecule has 0 aliphatic carbocycles. The molecule has 0 spiro atoms. The molecule has 0 radical (unpaired) electrons. The van der Waals surface area contributed by atoms with E-state index in [9.17, 15) is 4.79 Å².